The van der Waals surface area contributed by atoms with Gasteiger partial charge in [0.25, 0.3) is 0 Å². The molecule has 0 unspecified atom stereocenters. The van der Waals surface area contributed by atoms with E-state index in [1.54, 1.807) is 0 Å². The van der Waals surface area contributed by atoms with Crippen LogP contribution in [0.15, 0.2) is 6.20 Å². The number of aryl methyl sites for hydroxylation is 1. The summed E-state index contributed by atoms with van der Waals surface area (Å²) in [7, 11) is 0. The second-order valence-corrected chi connectivity index (χ2v) is 2.35. The average Bonchev–Trinajstić information content (AvgIpc) is 2.29. The molecule has 0 radical (unpaired) electrons. The van der Waals surface area contributed by atoms with Crippen molar-refractivity contribution >= 4 is 5.97 Å². The van der Waals surface area contributed by atoms with E-state index in [0.717, 1.165) is 0 Å². The van der Waals surface area contributed by atoms with Gasteiger partial charge in [-0.25, -0.2) is 4.79 Å². The highest BCUT2D eigenvalue weighted by molar-refractivity contribution is 5.88. The Balaban J connectivity index is 3.17. The lowest BCUT2D eigenvalue weighted by molar-refractivity contribution is -0.212. The summed E-state index contributed by atoms with van der Waals surface area (Å²) in [5.41, 5.74) is -0.609. The zero-order chi connectivity index (χ0) is 10.2. The van der Waals surface area contributed by atoms with Crippen LogP contribution in [0, 0.1) is 6.92 Å². The van der Waals surface area contributed by atoms with Gasteiger partial charge in [-0.05, 0) is 6.92 Å². The summed E-state index contributed by atoms with van der Waals surface area (Å²) in [4.78, 5) is 10.3. The lowest BCUT2D eigenvalue weighted by Gasteiger charge is -2.03. The lowest BCUT2D eigenvalue weighted by Crippen LogP contribution is -2.17. The van der Waals surface area contributed by atoms with Crippen LogP contribution < -0.4 is 0 Å². The van der Waals surface area contributed by atoms with Crippen LogP contribution >= 0.6 is 0 Å². The van der Waals surface area contributed by atoms with Crippen molar-refractivity contribution in [1.29, 1.82) is 0 Å². The minimum atomic E-state index is -4.67. The molecule has 0 bridgehead atoms. The van der Waals surface area contributed by atoms with Crippen LogP contribution in [0.5, 0.6) is 0 Å². The molecule has 0 spiro atoms. The van der Waals surface area contributed by atoms with Crippen LogP contribution in [0.2, 0.25) is 0 Å². The van der Waals surface area contributed by atoms with E-state index in [1.807, 2.05) is 0 Å². The van der Waals surface area contributed by atoms with Gasteiger partial charge in [0.1, 0.15) is 5.56 Å². The number of alkyl halides is 3. The fourth-order valence-corrected chi connectivity index (χ4v) is 0.800. The number of carbonyl (C=O) groups is 1. The standard InChI is InChI=1S/C6H5F3N2O2/c1-3-4(5(12)13)2-11(10-3)6(7,8)9/h2H,1H3,(H,12,13). The quantitative estimate of drug-likeness (QED) is 0.734. The van der Waals surface area contributed by atoms with Crippen molar-refractivity contribution in [2.24, 2.45) is 0 Å². The molecule has 0 aliphatic carbocycles. The highest BCUT2D eigenvalue weighted by Gasteiger charge is 2.33. The molecule has 1 N–H and O–H groups in total. The largest absolute Gasteiger partial charge is 0.504 e. The molecule has 72 valence electrons. The Labute approximate surface area is 70.6 Å². The Morgan fingerprint density at radius 1 is 1.62 bits per heavy atom. The SMILES string of the molecule is Cc1nn(C(F)(F)F)cc1C(=O)O. The molecule has 0 saturated carbocycles. The molecule has 13 heavy (non-hydrogen) atoms. The zero-order valence-electron chi connectivity index (χ0n) is 6.46. The van der Waals surface area contributed by atoms with Gasteiger partial charge in [0.15, 0.2) is 0 Å². The van der Waals surface area contributed by atoms with Gasteiger partial charge < -0.3 is 5.11 Å². The first kappa shape index (κ1) is 9.56. The first-order valence-electron chi connectivity index (χ1n) is 3.19. The lowest BCUT2D eigenvalue weighted by atomic mass is 10.3. The van der Waals surface area contributed by atoms with Crippen molar-refractivity contribution in [3.8, 4) is 0 Å². The summed E-state index contributed by atoms with van der Waals surface area (Å²) in [6.45, 7) is 1.20. The van der Waals surface area contributed by atoms with Gasteiger partial charge in [-0.15, -0.1) is 13.2 Å². The first-order valence-corrected chi connectivity index (χ1v) is 3.19. The third-order valence-electron chi connectivity index (χ3n) is 1.39. The van der Waals surface area contributed by atoms with Gasteiger partial charge in [0.2, 0.25) is 0 Å². The molecule has 0 fully saturated rings. The molecule has 0 aliphatic rings. The molecule has 1 heterocycles. The van der Waals surface area contributed by atoms with Gasteiger partial charge in [0, 0.05) is 6.20 Å². The number of carboxylic acid groups (broad SMARTS) is 1. The number of aromatic carboxylic acids is 1. The van der Waals surface area contributed by atoms with Gasteiger partial charge in [-0.1, -0.05) is 0 Å². The molecule has 0 atom stereocenters. The second kappa shape index (κ2) is 2.75. The fourth-order valence-electron chi connectivity index (χ4n) is 0.800. The van der Waals surface area contributed by atoms with Crippen LogP contribution in [0.25, 0.3) is 0 Å². The predicted octanol–water partition coefficient (Wildman–Crippen LogP) is 1.37. The molecule has 0 aliphatic heterocycles. The van der Waals surface area contributed by atoms with Gasteiger partial charge in [-0.2, -0.15) is 9.78 Å². The van der Waals surface area contributed by atoms with Crippen molar-refractivity contribution in [1.82, 2.24) is 9.78 Å². The average molecular weight is 194 g/mol. The third kappa shape index (κ3) is 1.79. The fraction of sp³-hybridized carbons (Fsp3) is 0.333. The molecule has 0 aromatic carbocycles. The topological polar surface area (TPSA) is 55.1 Å². The normalized spacial score (nSPS) is 11.7. The van der Waals surface area contributed by atoms with Gasteiger partial charge in [0.05, 0.1) is 5.69 Å². The number of hydrogen-bond donors (Lipinski definition) is 1. The van der Waals surface area contributed by atoms with Crippen LogP contribution in [0.1, 0.15) is 16.1 Å². The van der Waals surface area contributed by atoms with Crippen LogP contribution in [-0.4, -0.2) is 20.9 Å². The van der Waals surface area contributed by atoms with Crippen molar-refractivity contribution < 1.29 is 23.1 Å². The summed E-state index contributed by atoms with van der Waals surface area (Å²) in [5.74, 6) is -1.42. The van der Waals surface area contributed by atoms with E-state index in [1.165, 1.54) is 6.92 Å². The first-order chi connectivity index (χ1) is 5.82. The Kier molecular flexibility index (Phi) is 2.02. The number of carboxylic acids is 1. The molecule has 0 saturated heterocycles. The molecular weight excluding hydrogens is 189 g/mol. The van der Waals surface area contributed by atoms with Crippen molar-refractivity contribution in [3.63, 3.8) is 0 Å². The van der Waals surface area contributed by atoms with Crippen LogP contribution in [0.3, 0.4) is 0 Å². The van der Waals surface area contributed by atoms with E-state index in [2.05, 4.69) is 5.10 Å². The minimum absolute atomic E-state index is 0.162. The van der Waals surface area contributed by atoms with Gasteiger partial charge in [-0.3, -0.25) is 0 Å². The van der Waals surface area contributed by atoms with Gasteiger partial charge >= 0.3 is 12.3 Å². The summed E-state index contributed by atoms with van der Waals surface area (Å²) < 4.78 is 35.5. The van der Waals surface area contributed by atoms with E-state index in [9.17, 15) is 18.0 Å². The molecule has 7 heteroatoms. The van der Waals surface area contributed by atoms with Crippen molar-refractivity contribution in [2.75, 3.05) is 0 Å². The number of aromatic nitrogens is 2. The molecule has 0 amide bonds. The molecule has 4 nitrogen and oxygen atoms in total. The Bertz CT molecular complexity index is 342. The molecule has 1 aromatic rings. The maximum Gasteiger partial charge on any atom is 0.504 e. The maximum absolute atomic E-state index is 12.0. The van der Waals surface area contributed by atoms with E-state index < -0.39 is 17.8 Å². The van der Waals surface area contributed by atoms with Crippen LogP contribution in [0.4, 0.5) is 13.2 Å². The monoisotopic (exact) mass is 194 g/mol. The van der Waals surface area contributed by atoms with E-state index in [4.69, 9.17) is 5.11 Å². The summed E-state index contributed by atoms with van der Waals surface area (Å²) in [6.07, 6.45) is -4.23. The van der Waals surface area contributed by atoms with Crippen molar-refractivity contribution in [2.45, 2.75) is 13.2 Å². The zero-order valence-corrected chi connectivity index (χ0v) is 6.46. The third-order valence-corrected chi connectivity index (χ3v) is 1.39. The van der Waals surface area contributed by atoms with E-state index in [-0.39, 0.29) is 10.4 Å². The highest BCUT2D eigenvalue weighted by atomic mass is 19.4. The molecule has 1 aromatic heterocycles. The molecular formula is C6H5F3N2O2. The van der Waals surface area contributed by atoms with E-state index in [0.29, 0.717) is 6.20 Å². The molecule has 1 rings (SSSR count). The highest BCUT2D eigenvalue weighted by Crippen LogP contribution is 2.22. The Hall–Kier alpha value is -1.53. The maximum atomic E-state index is 12.0. The smallest absolute Gasteiger partial charge is 0.478 e. The van der Waals surface area contributed by atoms with E-state index >= 15 is 0 Å². The Morgan fingerprint density at radius 3 is 2.38 bits per heavy atom. The second-order valence-electron chi connectivity index (χ2n) is 2.35. The predicted molar refractivity (Wildman–Crippen MR) is 35.2 cm³/mol. The number of hydrogen-bond acceptors (Lipinski definition) is 2. The summed E-state index contributed by atoms with van der Waals surface area (Å²) in [5, 5.41) is 11.4. The summed E-state index contributed by atoms with van der Waals surface area (Å²) in [6, 6.07) is 0. The summed E-state index contributed by atoms with van der Waals surface area (Å²) >= 11 is 0. The number of rotatable bonds is 1. The van der Waals surface area contributed by atoms with Crippen LogP contribution in [-0.2, 0) is 6.30 Å². The number of nitrogens with zero attached hydrogens (tertiary/aromatic N) is 2. The number of halogens is 3. The Morgan fingerprint density at radius 2 is 2.15 bits per heavy atom. The minimum Gasteiger partial charge on any atom is -0.478 e. The van der Waals surface area contributed by atoms with Crippen molar-refractivity contribution in [3.05, 3.63) is 17.5 Å².